The van der Waals surface area contributed by atoms with Crippen molar-refractivity contribution in [3.63, 3.8) is 0 Å². The Morgan fingerprint density at radius 1 is 1.00 bits per heavy atom. The van der Waals surface area contributed by atoms with Gasteiger partial charge in [0, 0.05) is 44.8 Å². The highest BCUT2D eigenvalue weighted by Crippen LogP contribution is 2.24. The number of nitrogens with zero attached hydrogens (tertiary/aromatic N) is 5. The van der Waals surface area contributed by atoms with E-state index >= 15 is 0 Å². The number of nitrogen functional groups attached to an aromatic ring is 1. The monoisotopic (exact) mass is 290 g/mol. The van der Waals surface area contributed by atoms with Crippen LogP contribution in [0.4, 0.5) is 17.5 Å². The fourth-order valence-corrected chi connectivity index (χ4v) is 2.45. The minimum absolute atomic E-state index is 0.558. The maximum absolute atomic E-state index is 5.97. The second kappa shape index (κ2) is 5.50. The highest BCUT2D eigenvalue weighted by molar-refractivity contribution is 6.30. The van der Waals surface area contributed by atoms with E-state index < -0.39 is 0 Å². The third-order valence-corrected chi connectivity index (χ3v) is 3.48. The van der Waals surface area contributed by atoms with Crippen LogP contribution in [0.15, 0.2) is 30.7 Å². The van der Waals surface area contributed by atoms with E-state index in [0.717, 1.165) is 37.9 Å². The van der Waals surface area contributed by atoms with Gasteiger partial charge in [0.2, 0.25) is 5.95 Å². The zero-order chi connectivity index (χ0) is 13.9. The van der Waals surface area contributed by atoms with Crippen molar-refractivity contribution in [2.45, 2.75) is 0 Å². The Labute approximate surface area is 122 Å². The molecular formula is C13H15ClN6. The van der Waals surface area contributed by atoms with Crippen LogP contribution in [-0.4, -0.2) is 41.1 Å². The number of piperazine rings is 1. The quantitative estimate of drug-likeness (QED) is 0.902. The summed E-state index contributed by atoms with van der Waals surface area (Å²) in [5.41, 5.74) is 6.58. The van der Waals surface area contributed by atoms with Crippen LogP contribution in [0.5, 0.6) is 0 Å². The van der Waals surface area contributed by atoms with Gasteiger partial charge in [0.25, 0.3) is 0 Å². The van der Waals surface area contributed by atoms with Gasteiger partial charge in [-0.15, -0.1) is 0 Å². The zero-order valence-electron chi connectivity index (χ0n) is 10.9. The Morgan fingerprint density at radius 2 is 1.65 bits per heavy atom. The van der Waals surface area contributed by atoms with Gasteiger partial charge in [0.15, 0.2) is 5.82 Å². The molecule has 20 heavy (non-hydrogen) atoms. The van der Waals surface area contributed by atoms with E-state index in [0.29, 0.717) is 10.7 Å². The predicted octanol–water partition coefficient (Wildman–Crippen LogP) is 1.43. The molecule has 0 radical (unpaired) electrons. The summed E-state index contributed by atoms with van der Waals surface area (Å²) in [4.78, 5) is 17.2. The van der Waals surface area contributed by atoms with E-state index in [9.17, 15) is 0 Å². The first-order chi connectivity index (χ1) is 9.74. The Morgan fingerprint density at radius 3 is 2.30 bits per heavy atom. The minimum Gasteiger partial charge on any atom is -0.396 e. The average Bonchev–Trinajstić information content (AvgIpc) is 2.48. The normalized spacial score (nSPS) is 15.4. The number of hydrogen-bond donors (Lipinski definition) is 1. The predicted molar refractivity (Wildman–Crippen MR) is 80.1 cm³/mol. The van der Waals surface area contributed by atoms with Gasteiger partial charge < -0.3 is 15.5 Å². The minimum atomic E-state index is 0.558. The third kappa shape index (κ3) is 2.60. The SMILES string of the molecule is Nc1cc(Cl)cnc1N1CCN(c2ncccn2)CC1. The third-order valence-electron chi connectivity index (χ3n) is 3.28. The van der Waals surface area contributed by atoms with E-state index in [1.54, 1.807) is 24.7 Å². The summed E-state index contributed by atoms with van der Waals surface area (Å²) < 4.78 is 0. The lowest BCUT2D eigenvalue weighted by atomic mass is 10.3. The van der Waals surface area contributed by atoms with Gasteiger partial charge in [-0.3, -0.25) is 0 Å². The first kappa shape index (κ1) is 12.9. The van der Waals surface area contributed by atoms with E-state index in [1.807, 2.05) is 6.07 Å². The van der Waals surface area contributed by atoms with Crippen molar-refractivity contribution < 1.29 is 0 Å². The average molecular weight is 291 g/mol. The molecule has 3 rings (SSSR count). The molecule has 104 valence electrons. The molecule has 0 spiro atoms. The van der Waals surface area contributed by atoms with Crippen molar-refractivity contribution in [1.82, 2.24) is 15.0 Å². The molecule has 1 fully saturated rings. The molecule has 0 aromatic carbocycles. The van der Waals surface area contributed by atoms with Crippen LogP contribution in [0.25, 0.3) is 0 Å². The Bertz CT molecular complexity index is 583. The lowest BCUT2D eigenvalue weighted by Crippen LogP contribution is -2.47. The summed E-state index contributed by atoms with van der Waals surface area (Å²) >= 11 is 5.87. The first-order valence-corrected chi connectivity index (χ1v) is 6.80. The number of aromatic nitrogens is 3. The van der Waals surface area contributed by atoms with Gasteiger partial charge in [-0.25, -0.2) is 15.0 Å². The van der Waals surface area contributed by atoms with Crippen LogP contribution in [0.2, 0.25) is 5.02 Å². The lowest BCUT2D eigenvalue weighted by molar-refractivity contribution is 0.635. The van der Waals surface area contributed by atoms with Crippen molar-refractivity contribution >= 4 is 29.1 Å². The second-order valence-corrected chi connectivity index (χ2v) is 5.03. The number of nitrogens with two attached hydrogens (primary N) is 1. The maximum atomic E-state index is 5.97. The summed E-state index contributed by atoms with van der Waals surface area (Å²) in [7, 11) is 0. The van der Waals surface area contributed by atoms with Crippen molar-refractivity contribution in [1.29, 1.82) is 0 Å². The molecule has 0 saturated carbocycles. The Balaban J connectivity index is 1.69. The molecule has 0 aliphatic carbocycles. The summed E-state index contributed by atoms with van der Waals surface area (Å²) in [6.45, 7) is 3.34. The standard InChI is InChI=1S/C13H15ClN6/c14-10-8-11(15)12(18-9-10)19-4-6-20(7-5-19)13-16-2-1-3-17-13/h1-3,8-9H,4-7,15H2. The molecule has 0 atom stereocenters. The van der Waals surface area contributed by atoms with Crippen LogP contribution in [0.3, 0.4) is 0 Å². The van der Waals surface area contributed by atoms with E-state index in [4.69, 9.17) is 17.3 Å². The molecule has 3 heterocycles. The van der Waals surface area contributed by atoms with Crippen LogP contribution in [0.1, 0.15) is 0 Å². The number of anilines is 3. The molecule has 2 aromatic rings. The number of halogens is 1. The molecule has 2 aromatic heterocycles. The first-order valence-electron chi connectivity index (χ1n) is 6.42. The van der Waals surface area contributed by atoms with Crippen molar-refractivity contribution in [2.24, 2.45) is 0 Å². The van der Waals surface area contributed by atoms with Crippen LogP contribution in [0, 0.1) is 0 Å². The molecule has 6 nitrogen and oxygen atoms in total. The number of hydrogen-bond acceptors (Lipinski definition) is 6. The largest absolute Gasteiger partial charge is 0.396 e. The van der Waals surface area contributed by atoms with Crippen molar-refractivity contribution in [3.05, 3.63) is 35.7 Å². The highest BCUT2D eigenvalue weighted by atomic mass is 35.5. The molecule has 0 unspecified atom stereocenters. The Kier molecular flexibility index (Phi) is 3.56. The van der Waals surface area contributed by atoms with Gasteiger partial charge in [0.05, 0.1) is 10.7 Å². The van der Waals surface area contributed by atoms with Crippen LogP contribution < -0.4 is 15.5 Å². The number of rotatable bonds is 2. The van der Waals surface area contributed by atoms with Gasteiger partial charge in [-0.2, -0.15) is 0 Å². The van der Waals surface area contributed by atoms with Gasteiger partial charge in [-0.1, -0.05) is 11.6 Å². The van der Waals surface area contributed by atoms with E-state index in [-0.39, 0.29) is 0 Å². The van der Waals surface area contributed by atoms with Crippen LogP contribution in [-0.2, 0) is 0 Å². The molecule has 0 bridgehead atoms. The smallest absolute Gasteiger partial charge is 0.225 e. The lowest BCUT2D eigenvalue weighted by Gasteiger charge is -2.35. The fourth-order valence-electron chi connectivity index (χ4n) is 2.28. The second-order valence-electron chi connectivity index (χ2n) is 4.59. The molecule has 1 aliphatic heterocycles. The summed E-state index contributed by atoms with van der Waals surface area (Å²) in [6, 6.07) is 3.55. The van der Waals surface area contributed by atoms with E-state index in [2.05, 4.69) is 24.8 Å². The molecule has 7 heteroatoms. The zero-order valence-corrected chi connectivity index (χ0v) is 11.7. The summed E-state index contributed by atoms with van der Waals surface area (Å²) in [6.07, 6.45) is 5.14. The topological polar surface area (TPSA) is 71.2 Å². The molecule has 0 amide bonds. The van der Waals surface area contributed by atoms with Crippen molar-refractivity contribution in [2.75, 3.05) is 41.7 Å². The Hall–Kier alpha value is -2.08. The highest BCUT2D eigenvalue weighted by Gasteiger charge is 2.21. The van der Waals surface area contributed by atoms with Crippen LogP contribution >= 0.6 is 11.6 Å². The van der Waals surface area contributed by atoms with Crippen molar-refractivity contribution in [3.8, 4) is 0 Å². The fraction of sp³-hybridized carbons (Fsp3) is 0.308. The van der Waals surface area contributed by atoms with E-state index in [1.165, 1.54) is 0 Å². The van der Waals surface area contributed by atoms with Gasteiger partial charge in [0.1, 0.15) is 0 Å². The molecular weight excluding hydrogens is 276 g/mol. The molecule has 2 N–H and O–H groups in total. The van der Waals surface area contributed by atoms with Gasteiger partial charge >= 0.3 is 0 Å². The molecule has 1 aliphatic rings. The summed E-state index contributed by atoms with van der Waals surface area (Å²) in [5.74, 6) is 1.56. The maximum Gasteiger partial charge on any atom is 0.225 e. The summed E-state index contributed by atoms with van der Waals surface area (Å²) in [5, 5.41) is 0.558. The molecule has 1 saturated heterocycles. The number of pyridine rings is 1. The van der Waals surface area contributed by atoms with Gasteiger partial charge in [-0.05, 0) is 12.1 Å².